The molecule has 24 heavy (non-hydrogen) atoms. The molecule has 1 aromatic carbocycles. The molecule has 3 rings (SSSR count). The Bertz CT molecular complexity index is 434. The Labute approximate surface area is 150 Å². The lowest BCUT2D eigenvalue weighted by atomic mass is 9.49. The van der Waals surface area contributed by atoms with Gasteiger partial charge in [-0.25, -0.2) is 0 Å². The average molecular weight is 333 g/mol. The predicted octanol–water partition coefficient (Wildman–Crippen LogP) is 5.65. The minimum Gasteiger partial charge on any atom is -0.378 e. The van der Waals surface area contributed by atoms with Crippen molar-refractivity contribution < 1.29 is 0 Å². The monoisotopic (exact) mass is 332 g/mol. The van der Waals surface area contributed by atoms with Crippen molar-refractivity contribution in [1.29, 1.82) is 0 Å². The van der Waals surface area contributed by atoms with Gasteiger partial charge in [-0.3, -0.25) is 0 Å². The van der Waals surface area contributed by atoms with Crippen LogP contribution in [0.25, 0.3) is 0 Å². The normalized spacial score (nSPS) is 27.0. The van der Waals surface area contributed by atoms with Crippen LogP contribution in [0, 0.1) is 11.3 Å². The Morgan fingerprint density at radius 2 is 1.38 bits per heavy atom. The number of anilines is 1. The second-order valence-electron chi connectivity index (χ2n) is 8.12. The summed E-state index contributed by atoms with van der Waals surface area (Å²) in [6, 6.07) is 9.52. The number of nitrogens with zero attached hydrogens (tertiary/aromatic N) is 1. The Kier molecular flexibility index (Phi) is 8.83. The fraction of sp³-hybridized carbons (Fsp3) is 0.727. The van der Waals surface area contributed by atoms with Crippen molar-refractivity contribution in [3.05, 3.63) is 29.8 Å². The maximum absolute atomic E-state index is 5.90. The lowest BCUT2D eigenvalue weighted by Gasteiger charge is -2.57. The summed E-state index contributed by atoms with van der Waals surface area (Å²) in [6.07, 6.45) is 9.14. The van der Waals surface area contributed by atoms with Gasteiger partial charge in [-0.15, -0.1) is 0 Å². The lowest BCUT2D eigenvalue weighted by Crippen LogP contribution is -2.53. The zero-order valence-corrected chi connectivity index (χ0v) is 16.9. The first-order valence-electron chi connectivity index (χ1n) is 9.91. The molecule has 2 saturated carbocycles. The van der Waals surface area contributed by atoms with Gasteiger partial charge in [0.05, 0.1) is 0 Å². The van der Waals surface area contributed by atoms with Crippen LogP contribution >= 0.6 is 0 Å². The standard InChI is InChI=1S/C16H24N2.2C3H8/c1-18(2)15-5-3-12(4-6-15)7-13-8-16(9-13)10-14(17)11-16;2*1-3-2/h3-6,13-14H,7-11,17H2,1-2H3;2*3H2,1-2H3. The van der Waals surface area contributed by atoms with Crippen molar-refractivity contribution in [2.75, 3.05) is 19.0 Å². The molecule has 0 radical (unpaired) electrons. The van der Waals surface area contributed by atoms with Crippen LogP contribution in [0.4, 0.5) is 5.69 Å². The summed E-state index contributed by atoms with van der Waals surface area (Å²) >= 11 is 0. The fourth-order valence-electron chi connectivity index (χ4n) is 3.96. The Balaban J connectivity index is 0.000000423. The van der Waals surface area contributed by atoms with E-state index in [1.807, 2.05) is 0 Å². The molecule has 0 atom stereocenters. The number of hydrogen-bond donors (Lipinski definition) is 1. The minimum absolute atomic E-state index is 0.505. The van der Waals surface area contributed by atoms with Gasteiger partial charge in [0, 0.05) is 25.8 Å². The zero-order chi connectivity index (χ0) is 18.2. The van der Waals surface area contributed by atoms with Crippen LogP contribution in [0.3, 0.4) is 0 Å². The highest BCUT2D eigenvalue weighted by atomic mass is 15.1. The average Bonchev–Trinajstić information content (AvgIpc) is 2.46. The van der Waals surface area contributed by atoms with Gasteiger partial charge >= 0.3 is 0 Å². The maximum Gasteiger partial charge on any atom is 0.0361 e. The van der Waals surface area contributed by atoms with Crippen molar-refractivity contribution in [3.63, 3.8) is 0 Å². The smallest absolute Gasteiger partial charge is 0.0361 e. The Hall–Kier alpha value is -1.02. The van der Waals surface area contributed by atoms with Gasteiger partial charge in [0.1, 0.15) is 0 Å². The van der Waals surface area contributed by atoms with E-state index in [1.165, 1.54) is 56.2 Å². The molecule has 0 unspecified atom stereocenters. The van der Waals surface area contributed by atoms with Crippen LogP contribution in [0.2, 0.25) is 0 Å². The molecule has 1 aromatic rings. The topological polar surface area (TPSA) is 29.3 Å². The van der Waals surface area contributed by atoms with E-state index in [2.05, 4.69) is 71.0 Å². The van der Waals surface area contributed by atoms with Crippen LogP contribution < -0.4 is 10.6 Å². The number of hydrogen-bond acceptors (Lipinski definition) is 2. The summed E-state index contributed by atoms with van der Waals surface area (Å²) in [6.45, 7) is 8.50. The van der Waals surface area contributed by atoms with Crippen molar-refractivity contribution in [2.24, 2.45) is 17.1 Å². The van der Waals surface area contributed by atoms with Crippen LogP contribution in [0.15, 0.2) is 24.3 Å². The molecule has 2 nitrogen and oxygen atoms in total. The molecule has 0 aliphatic heterocycles. The SMILES string of the molecule is CCC.CCC.CN(C)c1ccc(CC2CC3(CC(N)C3)C2)cc1. The molecule has 0 bridgehead atoms. The third kappa shape index (κ3) is 6.12. The third-order valence-electron chi connectivity index (χ3n) is 4.81. The first-order valence-corrected chi connectivity index (χ1v) is 9.91. The van der Waals surface area contributed by atoms with Gasteiger partial charge in [0.25, 0.3) is 0 Å². The van der Waals surface area contributed by atoms with E-state index >= 15 is 0 Å². The second kappa shape index (κ2) is 10.1. The van der Waals surface area contributed by atoms with Crippen molar-refractivity contribution in [3.8, 4) is 0 Å². The minimum atomic E-state index is 0.505. The summed E-state index contributed by atoms with van der Waals surface area (Å²) in [4.78, 5) is 2.15. The van der Waals surface area contributed by atoms with E-state index in [1.54, 1.807) is 0 Å². The van der Waals surface area contributed by atoms with E-state index in [0.717, 1.165) is 5.92 Å². The molecule has 2 aliphatic rings. The third-order valence-corrected chi connectivity index (χ3v) is 4.81. The quantitative estimate of drug-likeness (QED) is 0.775. The first-order chi connectivity index (χ1) is 11.4. The first kappa shape index (κ1) is 21.0. The summed E-state index contributed by atoms with van der Waals surface area (Å²) < 4.78 is 0. The molecule has 0 saturated heterocycles. The number of nitrogens with two attached hydrogens (primary N) is 1. The van der Waals surface area contributed by atoms with Gasteiger partial charge in [-0.1, -0.05) is 52.7 Å². The summed E-state index contributed by atoms with van der Waals surface area (Å²) in [7, 11) is 4.18. The molecular formula is C22H40N2. The number of rotatable bonds is 3. The van der Waals surface area contributed by atoms with E-state index in [4.69, 9.17) is 5.73 Å². The molecule has 2 N–H and O–H groups in total. The highest BCUT2D eigenvalue weighted by Gasteiger charge is 2.51. The summed E-state index contributed by atoms with van der Waals surface area (Å²) in [5.74, 6) is 0.905. The van der Waals surface area contributed by atoms with Gasteiger partial charge in [0.2, 0.25) is 0 Å². The van der Waals surface area contributed by atoms with Gasteiger partial charge in [-0.05, 0) is 61.1 Å². The molecule has 0 heterocycles. The van der Waals surface area contributed by atoms with Crippen molar-refractivity contribution in [2.45, 2.75) is 78.7 Å². The molecule has 138 valence electrons. The zero-order valence-electron chi connectivity index (χ0n) is 16.9. The van der Waals surface area contributed by atoms with Gasteiger partial charge < -0.3 is 10.6 Å². The highest BCUT2D eigenvalue weighted by Crippen LogP contribution is 2.58. The van der Waals surface area contributed by atoms with E-state index in [0.29, 0.717) is 11.5 Å². The van der Waals surface area contributed by atoms with Crippen molar-refractivity contribution >= 4 is 5.69 Å². The van der Waals surface area contributed by atoms with Gasteiger partial charge in [0.15, 0.2) is 0 Å². The predicted molar refractivity (Wildman–Crippen MR) is 109 cm³/mol. The second-order valence-corrected chi connectivity index (χ2v) is 8.12. The lowest BCUT2D eigenvalue weighted by molar-refractivity contribution is -0.0384. The molecule has 1 spiro atoms. The molecular weight excluding hydrogens is 292 g/mol. The van der Waals surface area contributed by atoms with Crippen LogP contribution in [-0.4, -0.2) is 20.1 Å². The van der Waals surface area contributed by atoms with E-state index in [9.17, 15) is 0 Å². The van der Waals surface area contributed by atoms with Gasteiger partial charge in [-0.2, -0.15) is 0 Å². The molecule has 2 aliphatic carbocycles. The van der Waals surface area contributed by atoms with Crippen molar-refractivity contribution in [1.82, 2.24) is 0 Å². The van der Waals surface area contributed by atoms with Crippen LogP contribution in [0.5, 0.6) is 0 Å². The summed E-state index contributed by atoms with van der Waals surface area (Å²) in [5, 5.41) is 0. The summed E-state index contributed by atoms with van der Waals surface area (Å²) in [5.41, 5.74) is 9.35. The molecule has 2 fully saturated rings. The Morgan fingerprint density at radius 3 is 1.75 bits per heavy atom. The van der Waals surface area contributed by atoms with Crippen LogP contribution in [0.1, 0.15) is 71.8 Å². The fourth-order valence-corrected chi connectivity index (χ4v) is 3.96. The van der Waals surface area contributed by atoms with E-state index in [-0.39, 0.29) is 0 Å². The number of benzene rings is 1. The largest absolute Gasteiger partial charge is 0.378 e. The maximum atomic E-state index is 5.90. The molecule has 0 amide bonds. The molecule has 2 heteroatoms. The van der Waals surface area contributed by atoms with Crippen LogP contribution in [-0.2, 0) is 6.42 Å². The molecule has 0 aromatic heterocycles. The van der Waals surface area contributed by atoms with E-state index < -0.39 is 0 Å². The Morgan fingerprint density at radius 1 is 0.917 bits per heavy atom. The highest BCUT2D eigenvalue weighted by molar-refractivity contribution is 5.46.